The van der Waals surface area contributed by atoms with Crippen molar-refractivity contribution in [2.24, 2.45) is 0 Å². The van der Waals surface area contributed by atoms with Gasteiger partial charge in [0.05, 0.1) is 0 Å². The van der Waals surface area contributed by atoms with Gasteiger partial charge in [0.15, 0.2) is 0 Å². The molecule has 1 aromatic heterocycles. The second kappa shape index (κ2) is 4.98. The van der Waals surface area contributed by atoms with Crippen LogP contribution in [0.15, 0.2) is 67.0 Å². The molecule has 2 aromatic carbocycles. The van der Waals surface area contributed by atoms with Crippen molar-refractivity contribution in [2.75, 3.05) is 0 Å². The fraction of sp³-hybridized carbons (Fsp3) is 0.0625. The molecule has 0 bridgehead atoms. The predicted molar refractivity (Wildman–Crippen MR) is 74.0 cm³/mol. The average Bonchev–Trinajstić information content (AvgIpc) is 2.90. The Morgan fingerprint density at radius 3 is 2.11 bits per heavy atom. The van der Waals surface area contributed by atoms with Crippen LogP contribution >= 0.6 is 0 Å². The number of benzene rings is 2. The van der Waals surface area contributed by atoms with E-state index in [1.807, 2.05) is 54.6 Å². The van der Waals surface area contributed by atoms with E-state index in [9.17, 15) is 4.79 Å². The lowest BCUT2D eigenvalue weighted by Gasteiger charge is -2.04. The third kappa shape index (κ3) is 2.50. The molecule has 0 aliphatic carbocycles. The fourth-order valence-electron chi connectivity index (χ4n) is 1.98. The maximum atomic E-state index is 11.9. The summed E-state index contributed by atoms with van der Waals surface area (Å²) in [7, 11) is 0. The maximum Gasteiger partial charge on any atom is 0.418 e. The fourth-order valence-corrected chi connectivity index (χ4v) is 1.98. The number of fused-ring (bicyclic) bond motifs is 1. The van der Waals surface area contributed by atoms with Gasteiger partial charge in [-0.05, 0) is 16.3 Å². The Hall–Kier alpha value is -2.55. The smallest absolute Gasteiger partial charge is 0.418 e. The minimum atomic E-state index is -0.361. The Morgan fingerprint density at radius 2 is 1.47 bits per heavy atom. The Bertz CT molecular complexity index is 668. The summed E-state index contributed by atoms with van der Waals surface area (Å²) in [5, 5.41) is 2.05. The van der Waals surface area contributed by atoms with Crippen molar-refractivity contribution in [1.82, 2.24) is 4.57 Å². The molecule has 3 nitrogen and oxygen atoms in total. The highest BCUT2D eigenvalue weighted by Gasteiger charge is 2.07. The summed E-state index contributed by atoms with van der Waals surface area (Å²) < 4.78 is 6.75. The molecule has 3 heteroatoms. The zero-order valence-electron chi connectivity index (χ0n) is 10.3. The Morgan fingerprint density at radius 1 is 0.895 bits per heavy atom. The number of hydrogen-bond acceptors (Lipinski definition) is 2. The SMILES string of the molecule is O=C(OCc1ccccc1)n1cc2ccccc2c1. The summed E-state index contributed by atoms with van der Waals surface area (Å²) >= 11 is 0. The van der Waals surface area contributed by atoms with Gasteiger partial charge in [0.25, 0.3) is 0 Å². The molecule has 0 fully saturated rings. The molecular weight excluding hydrogens is 238 g/mol. The summed E-state index contributed by atoms with van der Waals surface area (Å²) in [5.74, 6) is 0. The van der Waals surface area contributed by atoms with Crippen LogP contribution in [0, 0.1) is 0 Å². The lowest BCUT2D eigenvalue weighted by atomic mass is 10.2. The van der Waals surface area contributed by atoms with Crippen molar-refractivity contribution >= 4 is 16.9 Å². The molecule has 19 heavy (non-hydrogen) atoms. The number of carbonyl (C=O) groups excluding carboxylic acids is 1. The van der Waals surface area contributed by atoms with Crippen LogP contribution in [0.5, 0.6) is 0 Å². The quantitative estimate of drug-likeness (QED) is 0.693. The van der Waals surface area contributed by atoms with Crippen LogP contribution in [0.4, 0.5) is 4.79 Å². The first-order valence-electron chi connectivity index (χ1n) is 6.11. The Kier molecular flexibility index (Phi) is 3.02. The minimum Gasteiger partial charge on any atom is -0.444 e. The van der Waals surface area contributed by atoms with Crippen LogP contribution in [0.1, 0.15) is 5.56 Å². The molecule has 0 radical (unpaired) electrons. The number of ether oxygens (including phenoxy) is 1. The third-order valence-electron chi connectivity index (χ3n) is 2.97. The van der Waals surface area contributed by atoms with Crippen molar-refractivity contribution in [3.63, 3.8) is 0 Å². The van der Waals surface area contributed by atoms with Gasteiger partial charge >= 0.3 is 6.09 Å². The molecule has 0 saturated carbocycles. The molecule has 0 atom stereocenters. The highest BCUT2D eigenvalue weighted by Crippen LogP contribution is 2.15. The summed E-state index contributed by atoms with van der Waals surface area (Å²) in [4.78, 5) is 11.9. The van der Waals surface area contributed by atoms with Crippen molar-refractivity contribution in [1.29, 1.82) is 0 Å². The molecule has 3 rings (SSSR count). The lowest BCUT2D eigenvalue weighted by molar-refractivity contribution is 0.141. The number of nitrogens with zero attached hydrogens (tertiary/aromatic N) is 1. The second-order valence-corrected chi connectivity index (χ2v) is 4.33. The van der Waals surface area contributed by atoms with E-state index in [4.69, 9.17) is 4.74 Å². The van der Waals surface area contributed by atoms with E-state index >= 15 is 0 Å². The average molecular weight is 251 g/mol. The molecule has 0 spiro atoms. The van der Waals surface area contributed by atoms with Crippen LogP contribution in [0.25, 0.3) is 10.8 Å². The van der Waals surface area contributed by atoms with Crippen molar-refractivity contribution in [3.8, 4) is 0 Å². The molecule has 0 amide bonds. The molecular formula is C16H13NO2. The lowest BCUT2D eigenvalue weighted by Crippen LogP contribution is -2.11. The van der Waals surface area contributed by atoms with E-state index in [1.54, 1.807) is 12.4 Å². The van der Waals surface area contributed by atoms with Gasteiger partial charge in [-0.15, -0.1) is 0 Å². The summed E-state index contributed by atoms with van der Waals surface area (Å²) in [6, 6.07) is 17.5. The summed E-state index contributed by atoms with van der Waals surface area (Å²) in [5.41, 5.74) is 0.979. The van der Waals surface area contributed by atoms with Crippen LogP contribution in [0.2, 0.25) is 0 Å². The zero-order chi connectivity index (χ0) is 13.1. The van der Waals surface area contributed by atoms with E-state index in [0.717, 1.165) is 16.3 Å². The Balaban J connectivity index is 1.73. The van der Waals surface area contributed by atoms with Gasteiger partial charge in [0.2, 0.25) is 0 Å². The van der Waals surface area contributed by atoms with Crippen LogP contribution in [-0.4, -0.2) is 10.7 Å². The van der Waals surface area contributed by atoms with E-state index in [0.29, 0.717) is 0 Å². The number of carbonyl (C=O) groups is 1. The van der Waals surface area contributed by atoms with E-state index in [-0.39, 0.29) is 12.7 Å². The molecule has 3 aromatic rings. The third-order valence-corrected chi connectivity index (χ3v) is 2.97. The number of hydrogen-bond donors (Lipinski definition) is 0. The normalized spacial score (nSPS) is 10.5. The van der Waals surface area contributed by atoms with Crippen molar-refractivity contribution in [2.45, 2.75) is 6.61 Å². The van der Waals surface area contributed by atoms with Gasteiger partial charge in [-0.1, -0.05) is 54.6 Å². The number of rotatable bonds is 2. The van der Waals surface area contributed by atoms with E-state index in [1.165, 1.54) is 4.57 Å². The van der Waals surface area contributed by atoms with Gasteiger partial charge < -0.3 is 4.74 Å². The van der Waals surface area contributed by atoms with Gasteiger partial charge in [-0.3, -0.25) is 4.57 Å². The van der Waals surface area contributed by atoms with Crippen LogP contribution in [-0.2, 0) is 11.3 Å². The van der Waals surface area contributed by atoms with Crippen molar-refractivity contribution < 1.29 is 9.53 Å². The monoisotopic (exact) mass is 251 g/mol. The van der Waals surface area contributed by atoms with Crippen LogP contribution < -0.4 is 0 Å². The molecule has 0 saturated heterocycles. The second-order valence-electron chi connectivity index (χ2n) is 4.33. The molecule has 94 valence electrons. The first-order valence-corrected chi connectivity index (χ1v) is 6.11. The van der Waals surface area contributed by atoms with Crippen molar-refractivity contribution in [3.05, 3.63) is 72.6 Å². The largest absolute Gasteiger partial charge is 0.444 e. The van der Waals surface area contributed by atoms with E-state index in [2.05, 4.69) is 0 Å². The zero-order valence-corrected chi connectivity index (χ0v) is 10.3. The maximum absolute atomic E-state index is 11.9. The Labute approximate surface area is 111 Å². The van der Waals surface area contributed by atoms with Gasteiger partial charge in [0.1, 0.15) is 6.61 Å². The first-order chi connectivity index (χ1) is 9.33. The number of aromatic nitrogens is 1. The van der Waals surface area contributed by atoms with E-state index < -0.39 is 0 Å². The molecule has 0 unspecified atom stereocenters. The van der Waals surface area contributed by atoms with Crippen LogP contribution in [0.3, 0.4) is 0 Å². The van der Waals surface area contributed by atoms with Gasteiger partial charge in [-0.2, -0.15) is 0 Å². The molecule has 0 aliphatic heterocycles. The van der Waals surface area contributed by atoms with Gasteiger partial charge in [-0.25, -0.2) is 4.79 Å². The minimum absolute atomic E-state index is 0.286. The summed E-state index contributed by atoms with van der Waals surface area (Å²) in [6.07, 6.45) is 3.20. The summed E-state index contributed by atoms with van der Waals surface area (Å²) in [6.45, 7) is 0.286. The first kappa shape index (κ1) is 11.5. The molecule has 1 heterocycles. The highest BCUT2D eigenvalue weighted by molar-refractivity contribution is 5.86. The topological polar surface area (TPSA) is 31.2 Å². The van der Waals surface area contributed by atoms with Gasteiger partial charge in [0, 0.05) is 12.4 Å². The molecule has 0 aliphatic rings. The standard InChI is InChI=1S/C16H13NO2/c18-16(19-12-13-6-2-1-3-7-13)17-10-14-8-4-5-9-15(14)11-17/h1-11H,12H2. The molecule has 0 N–H and O–H groups in total. The predicted octanol–water partition coefficient (Wildman–Crippen LogP) is 3.83. The highest BCUT2D eigenvalue weighted by atomic mass is 16.5.